The monoisotopic (exact) mass is 399 g/mol. The largest absolute Gasteiger partial charge is 0.332 e. The first-order valence-electron chi connectivity index (χ1n) is 8.31. The van der Waals surface area contributed by atoms with Crippen LogP contribution in [0.2, 0.25) is 5.02 Å². The fraction of sp³-hybridized carbons (Fsp3) is 0.150. The van der Waals surface area contributed by atoms with Gasteiger partial charge in [-0.3, -0.25) is 9.59 Å². The van der Waals surface area contributed by atoms with Crippen molar-refractivity contribution in [3.8, 4) is 0 Å². The Bertz CT molecular complexity index is 943. The molecule has 0 unspecified atom stereocenters. The standard InChI is InChI=1S/C20H18ClN3O2S/c1-24(19(26)15-7-3-2-4-8-15)13-18(25)23-20-22-12-17(27-20)11-14-6-5-9-16(21)10-14/h2-10,12H,11,13H2,1H3,(H,22,23,25). The first-order chi connectivity index (χ1) is 13.0. The second-order valence-electron chi connectivity index (χ2n) is 6.01. The van der Waals surface area contributed by atoms with Crippen molar-refractivity contribution in [3.63, 3.8) is 0 Å². The summed E-state index contributed by atoms with van der Waals surface area (Å²) in [5.41, 5.74) is 1.63. The Balaban J connectivity index is 1.55. The third-order valence-corrected chi connectivity index (χ3v) is 4.96. The molecule has 138 valence electrons. The van der Waals surface area contributed by atoms with Crippen LogP contribution in [-0.4, -0.2) is 35.3 Å². The molecule has 0 radical (unpaired) electrons. The van der Waals surface area contributed by atoms with E-state index in [-0.39, 0.29) is 18.4 Å². The Morgan fingerprint density at radius 2 is 1.93 bits per heavy atom. The lowest BCUT2D eigenvalue weighted by molar-refractivity contribution is -0.116. The summed E-state index contributed by atoms with van der Waals surface area (Å²) < 4.78 is 0. The number of rotatable bonds is 6. The minimum Gasteiger partial charge on any atom is -0.332 e. The molecule has 2 amide bonds. The molecule has 1 heterocycles. The molecule has 0 aliphatic heterocycles. The van der Waals surface area contributed by atoms with Gasteiger partial charge in [0.1, 0.15) is 0 Å². The molecular weight excluding hydrogens is 382 g/mol. The van der Waals surface area contributed by atoms with Gasteiger partial charge in [0, 0.05) is 35.1 Å². The Morgan fingerprint density at radius 1 is 1.15 bits per heavy atom. The molecule has 2 aromatic carbocycles. The molecule has 0 saturated heterocycles. The van der Waals surface area contributed by atoms with E-state index in [1.54, 1.807) is 37.5 Å². The van der Waals surface area contributed by atoms with Gasteiger partial charge in [0.15, 0.2) is 5.13 Å². The molecule has 1 N–H and O–H groups in total. The van der Waals surface area contributed by atoms with Crippen molar-refractivity contribution in [2.75, 3.05) is 18.9 Å². The van der Waals surface area contributed by atoms with Crippen LogP contribution in [0.25, 0.3) is 0 Å². The Labute approximate surface area is 166 Å². The highest BCUT2D eigenvalue weighted by molar-refractivity contribution is 7.15. The smallest absolute Gasteiger partial charge is 0.254 e. The van der Waals surface area contributed by atoms with Gasteiger partial charge in [0.25, 0.3) is 5.91 Å². The van der Waals surface area contributed by atoms with Crippen LogP contribution in [0, 0.1) is 0 Å². The van der Waals surface area contributed by atoms with E-state index in [1.165, 1.54) is 16.2 Å². The summed E-state index contributed by atoms with van der Waals surface area (Å²) in [5.74, 6) is -0.489. The fourth-order valence-corrected chi connectivity index (χ4v) is 3.62. The zero-order valence-electron chi connectivity index (χ0n) is 14.7. The zero-order valence-corrected chi connectivity index (χ0v) is 16.3. The lowest BCUT2D eigenvalue weighted by Gasteiger charge is -2.16. The molecular formula is C20H18ClN3O2S. The van der Waals surface area contributed by atoms with Gasteiger partial charge in [-0.15, -0.1) is 11.3 Å². The van der Waals surface area contributed by atoms with E-state index in [4.69, 9.17) is 11.6 Å². The molecule has 5 nitrogen and oxygen atoms in total. The number of carbonyl (C=O) groups is 2. The van der Waals surface area contributed by atoms with Gasteiger partial charge in [0.2, 0.25) is 5.91 Å². The van der Waals surface area contributed by atoms with E-state index in [2.05, 4.69) is 10.3 Å². The number of aromatic nitrogens is 1. The summed E-state index contributed by atoms with van der Waals surface area (Å²) >= 11 is 7.41. The number of amides is 2. The zero-order chi connectivity index (χ0) is 19.2. The van der Waals surface area contributed by atoms with Crippen LogP contribution in [0.15, 0.2) is 60.8 Å². The Hall–Kier alpha value is -2.70. The number of hydrogen-bond donors (Lipinski definition) is 1. The Kier molecular flexibility index (Phi) is 6.21. The predicted molar refractivity (Wildman–Crippen MR) is 108 cm³/mol. The molecule has 0 atom stereocenters. The van der Waals surface area contributed by atoms with Crippen molar-refractivity contribution in [1.82, 2.24) is 9.88 Å². The number of likely N-dealkylation sites (N-methyl/N-ethyl adjacent to an activating group) is 1. The van der Waals surface area contributed by atoms with E-state index in [9.17, 15) is 9.59 Å². The molecule has 7 heteroatoms. The van der Waals surface area contributed by atoms with Gasteiger partial charge in [-0.25, -0.2) is 4.98 Å². The molecule has 1 aromatic heterocycles. The summed E-state index contributed by atoms with van der Waals surface area (Å²) in [7, 11) is 1.60. The summed E-state index contributed by atoms with van der Waals surface area (Å²) in [6, 6.07) is 16.5. The first kappa shape index (κ1) is 19.1. The second-order valence-corrected chi connectivity index (χ2v) is 7.57. The maximum absolute atomic E-state index is 12.3. The van der Waals surface area contributed by atoms with E-state index >= 15 is 0 Å². The van der Waals surface area contributed by atoms with E-state index in [1.807, 2.05) is 30.3 Å². The quantitative estimate of drug-likeness (QED) is 0.678. The summed E-state index contributed by atoms with van der Waals surface area (Å²) in [6.07, 6.45) is 2.43. The minimum absolute atomic E-state index is 0.0447. The molecule has 0 spiro atoms. The van der Waals surface area contributed by atoms with Gasteiger partial charge < -0.3 is 10.2 Å². The Morgan fingerprint density at radius 3 is 2.67 bits per heavy atom. The van der Waals surface area contributed by atoms with Crippen LogP contribution in [0.4, 0.5) is 5.13 Å². The molecule has 0 aliphatic rings. The molecule has 3 aromatic rings. The number of nitrogens with zero attached hydrogens (tertiary/aromatic N) is 2. The van der Waals surface area contributed by atoms with E-state index in [0.717, 1.165) is 10.4 Å². The summed E-state index contributed by atoms with van der Waals surface area (Å²) in [6.45, 7) is -0.0447. The highest BCUT2D eigenvalue weighted by Crippen LogP contribution is 2.22. The fourth-order valence-electron chi connectivity index (χ4n) is 2.54. The van der Waals surface area contributed by atoms with Gasteiger partial charge in [0.05, 0.1) is 6.54 Å². The summed E-state index contributed by atoms with van der Waals surface area (Å²) in [4.78, 5) is 31.1. The third kappa shape index (κ3) is 5.39. The SMILES string of the molecule is CN(CC(=O)Nc1ncc(Cc2cccc(Cl)c2)s1)C(=O)c1ccccc1. The van der Waals surface area contributed by atoms with Crippen molar-refractivity contribution < 1.29 is 9.59 Å². The van der Waals surface area contributed by atoms with Crippen molar-refractivity contribution in [2.45, 2.75) is 6.42 Å². The van der Waals surface area contributed by atoms with Gasteiger partial charge in [-0.2, -0.15) is 0 Å². The highest BCUT2D eigenvalue weighted by atomic mass is 35.5. The number of thiazole rings is 1. The maximum atomic E-state index is 12.3. The lowest BCUT2D eigenvalue weighted by atomic mass is 10.1. The van der Waals surface area contributed by atoms with Crippen LogP contribution in [0.1, 0.15) is 20.8 Å². The van der Waals surface area contributed by atoms with Crippen molar-refractivity contribution >= 4 is 39.9 Å². The molecule has 0 saturated carbocycles. The lowest BCUT2D eigenvalue weighted by Crippen LogP contribution is -2.34. The average molecular weight is 400 g/mol. The van der Waals surface area contributed by atoms with Crippen molar-refractivity contribution in [3.05, 3.63) is 81.8 Å². The number of hydrogen-bond acceptors (Lipinski definition) is 4. The third-order valence-electron chi connectivity index (χ3n) is 3.82. The predicted octanol–water partition coefficient (Wildman–Crippen LogP) is 4.10. The number of benzene rings is 2. The van der Waals surface area contributed by atoms with Crippen molar-refractivity contribution in [2.24, 2.45) is 0 Å². The minimum atomic E-state index is -0.287. The van der Waals surface area contributed by atoms with Crippen LogP contribution >= 0.6 is 22.9 Å². The summed E-state index contributed by atoms with van der Waals surface area (Å²) in [5, 5.41) is 3.95. The average Bonchev–Trinajstić information content (AvgIpc) is 3.08. The first-order valence-corrected chi connectivity index (χ1v) is 9.50. The van der Waals surface area contributed by atoms with Crippen molar-refractivity contribution in [1.29, 1.82) is 0 Å². The van der Waals surface area contributed by atoms with Gasteiger partial charge >= 0.3 is 0 Å². The highest BCUT2D eigenvalue weighted by Gasteiger charge is 2.15. The van der Waals surface area contributed by atoms with Crippen LogP contribution < -0.4 is 5.32 Å². The molecule has 0 fully saturated rings. The number of nitrogens with one attached hydrogen (secondary N) is 1. The number of halogens is 1. The molecule has 0 bridgehead atoms. The molecule has 3 rings (SSSR count). The van der Waals surface area contributed by atoms with Crippen LogP contribution in [0.3, 0.4) is 0 Å². The molecule has 0 aliphatic carbocycles. The second kappa shape index (κ2) is 8.79. The van der Waals surface area contributed by atoms with Gasteiger partial charge in [-0.05, 0) is 29.8 Å². The number of anilines is 1. The van der Waals surface area contributed by atoms with E-state index in [0.29, 0.717) is 22.1 Å². The number of carbonyl (C=O) groups excluding carboxylic acids is 2. The molecule has 27 heavy (non-hydrogen) atoms. The van der Waals surface area contributed by atoms with Gasteiger partial charge in [-0.1, -0.05) is 41.9 Å². The topological polar surface area (TPSA) is 62.3 Å². The van der Waals surface area contributed by atoms with E-state index < -0.39 is 0 Å². The maximum Gasteiger partial charge on any atom is 0.254 e. The van der Waals surface area contributed by atoms with Crippen LogP contribution in [-0.2, 0) is 11.2 Å². The normalized spacial score (nSPS) is 10.4. The van der Waals surface area contributed by atoms with Crippen LogP contribution in [0.5, 0.6) is 0 Å².